The summed E-state index contributed by atoms with van der Waals surface area (Å²) in [5, 5.41) is 1.12. The fourth-order valence-electron chi connectivity index (χ4n) is 1.97. The molecule has 0 atom stereocenters. The molecule has 2 rings (SSSR count). The van der Waals surface area contributed by atoms with Crippen molar-refractivity contribution in [2.45, 2.75) is 13.8 Å². The van der Waals surface area contributed by atoms with E-state index in [0.717, 1.165) is 27.9 Å². The molecule has 19 heavy (non-hydrogen) atoms. The predicted octanol–water partition coefficient (Wildman–Crippen LogP) is 3.06. The van der Waals surface area contributed by atoms with E-state index < -0.39 is 0 Å². The molecule has 0 aliphatic heterocycles. The molecule has 2 aromatic rings. The van der Waals surface area contributed by atoms with E-state index in [1.807, 2.05) is 25.1 Å². The second-order valence-corrected chi connectivity index (χ2v) is 4.16. The van der Waals surface area contributed by atoms with Gasteiger partial charge >= 0.3 is 5.97 Å². The lowest BCUT2D eigenvalue weighted by Crippen LogP contribution is -1.98. The SMILES string of the molecule is CCOC(=O)C=Cc1[nH]c2cc(OC)ccc2c1C. The van der Waals surface area contributed by atoms with E-state index in [1.165, 1.54) is 6.08 Å². The van der Waals surface area contributed by atoms with Gasteiger partial charge in [0.25, 0.3) is 0 Å². The highest BCUT2D eigenvalue weighted by atomic mass is 16.5. The number of hydrogen-bond donors (Lipinski definition) is 1. The molecule has 1 aromatic carbocycles. The lowest BCUT2D eigenvalue weighted by Gasteiger charge is -1.98. The quantitative estimate of drug-likeness (QED) is 0.678. The molecule has 0 saturated heterocycles. The summed E-state index contributed by atoms with van der Waals surface area (Å²) in [5.41, 5.74) is 2.98. The van der Waals surface area contributed by atoms with Gasteiger partial charge in [-0.25, -0.2) is 4.79 Å². The maximum absolute atomic E-state index is 11.3. The average Bonchev–Trinajstić information content (AvgIpc) is 2.73. The topological polar surface area (TPSA) is 51.3 Å². The van der Waals surface area contributed by atoms with Crippen molar-refractivity contribution in [3.63, 3.8) is 0 Å². The van der Waals surface area contributed by atoms with Gasteiger partial charge in [-0.2, -0.15) is 0 Å². The normalized spacial score (nSPS) is 11.1. The van der Waals surface area contributed by atoms with Crippen LogP contribution in [-0.4, -0.2) is 24.7 Å². The molecule has 1 heterocycles. The van der Waals surface area contributed by atoms with Crippen LogP contribution in [0, 0.1) is 6.92 Å². The summed E-state index contributed by atoms with van der Waals surface area (Å²) in [7, 11) is 1.64. The van der Waals surface area contributed by atoms with Gasteiger partial charge in [0.2, 0.25) is 0 Å². The van der Waals surface area contributed by atoms with E-state index >= 15 is 0 Å². The van der Waals surface area contributed by atoms with Crippen LogP contribution in [0.25, 0.3) is 17.0 Å². The maximum atomic E-state index is 11.3. The first-order chi connectivity index (χ1) is 9.15. The van der Waals surface area contributed by atoms with Crippen molar-refractivity contribution >= 4 is 22.9 Å². The van der Waals surface area contributed by atoms with Crippen LogP contribution in [0.4, 0.5) is 0 Å². The summed E-state index contributed by atoms with van der Waals surface area (Å²) >= 11 is 0. The smallest absolute Gasteiger partial charge is 0.330 e. The number of hydrogen-bond acceptors (Lipinski definition) is 3. The Balaban J connectivity index is 2.34. The second kappa shape index (κ2) is 5.61. The average molecular weight is 259 g/mol. The Hall–Kier alpha value is -2.23. The van der Waals surface area contributed by atoms with Crippen LogP contribution < -0.4 is 4.74 Å². The van der Waals surface area contributed by atoms with E-state index in [9.17, 15) is 4.79 Å². The van der Waals surface area contributed by atoms with E-state index in [-0.39, 0.29) is 5.97 Å². The molecule has 1 aromatic heterocycles. The third-order valence-corrected chi connectivity index (χ3v) is 2.98. The molecule has 0 saturated carbocycles. The number of rotatable bonds is 4. The van der Waals surface area contributed by atoms with Gasteiger partial charge in [-0.05, 0) is 37.6 Å². The molecular formula is C15H17NO3. The number of carbonyl (C=O) groups is 1. The highest BCUT2D eigenvalue weighted by molar-refractivity contribution is 5.91. The number of esters is 1. The van der Waals surface area contributed by atoms with Crippen molar-refractivity contribution < 1.29 is 14.3 Å². The zero-order valence-electron chi connectivity index (χ0n) is 11.3. The van der Waals surface area contributed by atoms with E-state index in [1.54, 1.807) is 20.1 Å². The van der Waals surface area contributed by atoms with Crippen molar-refractivity contribution in [2.24, 2.45) is 0 Å². The standard InChI is InChI=1S/C15H17NO3/c1-4-19-15(17)8-7-13-10(2)12-6-5-11(18-3)9-14(12)16-13/h5-9,16H,4H2,1-3H3. The fourth-order valence-corrected chi connectivity index (χ4v) is 1.97. The van der Waals surface area contributed by atoms with E-state index in [4.69, 9.17) is 9.47 Å². The van der Waals surface area contributed by atoms with Gasteiger partial charge < -0.3 is 14.5 Å². The molecule has 100 valence electrons. The molecule has 4 nitrogen and oxygen atoms in total. The number of nitrogens with one attached hydrogen (secondary N) is 1. The number of fused-ring (bicyclic) bond motifs is 1. The second-order valence-electron chi connectivity index (χ2n) is 4.16. The molecule has 0 aliphatic carbocycles. The van der Waals surface area contributed by atoms with Crippen molar-refractivity contribution in [1.82, 2.24) is 4.98 Å². The highest BCUT2D eigenvalue weighted by Crippen LogP contribution is 2.26. The van der Waals surface area contributed by atoms with Crippen molar-refractivity contribution in [1.29, 1.82) is 0 Å². The van der Waals surface area contributed by atoms with E-state index in [2.05, 4.69) is 4.98 Å². The minimum atomic E-state index is -0.335. The molecule has 0 aliphatic rings. The molecule has 4 heteroatoms. The van der Waals surface area contributed by atoms with Crippen LogP contribution in [0.2, 0.25) is 0 Å². The van der Waals surface area contributed by atoms with Gasteiger partial charge in [-0.3, -0.25) is 0 Å². The number of aromatic nitrogens is 1. The minimum Gasteiger partial charge on any atom is -0.497 e. The summed E-state index contributed by atoms with van der Waals surface area (Å²) < 4.78 is 10.0. The number of carbonyl (C=O) groups excluding carboxylic acids is 1. The first-order valence-corrected chi connectivity index (χ1v) is 6.17. The summed E-state index contributed by atoms with van der Waals surface area (Å²) in [6.45, 7) is 4.17. The highest BCUT2D eigenvalue weighted by Gasteiger charge is 2.06. The Morgan fingerprint density at radius 1 is 1.42 bits per heavy atom. The summed E-state index contributed by atoms with van der Waals surface area (Å²) in [6, 6.07) is 5.85. The summed E-state index contributed by atoms with van der Waals surface area (Å²) in [5.74, 6) is 0.466. The zero-order chi connectivity index (χ0) is 13.8. The van der Waals surface area contributed by atoms with Crippen LogP contribution in [0.3, 0.4) is 0 Å². The summed E-state index contributed by atoms with van der Waals surface area (Å²) in [6.07, 6.45) is 3.16. The lowest BCUT2D eigenvalue weighted by molar-refractivity contribution is -0.137. The fraction of sp³-hybridized carbons (Fsp3) is 0.267. The van der Waals surface area contributed by atoms with E-state index in [0.29, 0.717) is 6.61 Å². The zero-order valence-corrected chi connectivity index (χ0v) is 11.3. The number of H-pyrrole nitrogens is 1. The predicted molar refractivity (Wildman–Crippen MR) is 75.3 cm³/mol. The number of benzene rings is 1. The Morgan fingerprint density at radius 2 is 2.21 bits per heavy atom. The monoisotopic (exact) mass is 259 g/mol. The molecule has 0 radical (unpaired) electrons. The van der Waals surface area contributed by atoms with Crippen LogP contribution in [0.5, 0.6) is 5.75 Å². The molecule has 0 fully saturated rings. The Bertz CT molecular complexity index is 626. The minimum absolute atomic E-state index is 0.335. The molecule has 0 spiro atoms. The lowest BCUT2D eigenvalue weighted by atomic mass is 10.1. The molecule has 0 amide bonds. The molecule has 1 N–H and O–H groups in total. The van der Waals surface area contributed by atoms with Gasteiger partial charge in [0.1, 0.15) is 5.75 Å². The van der Waals surface area contributed by atoms with Crippen LogP contribution >= 0.6 is 0 Å². The first-order valence-electron chi connectivity index (χ1n) is 6.17. The number of methoxy groups -OCH3 is 1. The Morgan fingerprint density at radius 3 is 2.89 bits per heavy atom. The van der Waals surface area contributed by atoms with Gasteiger partial charge in [0, 0.05) is 28.7 Å². The maximum Gasteiger partial charge on any atom is 0.330 e. The number of aromatic amines is 1. The molecule has 0 bridgehead atoms. The largest absolute Gasteiger partial charge is 0.497 e. The van der Waals surface area contributed by atoms with Crippen molar-refractivity contribution in [3.05, 3.63) is 35.5 Å². The van der Waals surface area contributed by atoms with Crippen LogP contribution in [0.15, 0.2) is 24.3 Å². The van der Waals surface area contributed by atoms with Crippen LogP contribution in [-0.2, 0) is 9.53 Å². The molecular weight excluding hydrogens is 242 g/mol. The van der Waals surface area contributed by atoms with Gasteiger partial charge in [-0.1, -0.05) is 0 Å². The third kappa shape index (κ3) is 2.78. The summed E-state index contributed by atoms with van der Waals surface area (Å²) in [4.78, 5) is 14.6. The molecule has 0 unspecified atom stereocenters. The number of ether oxygens (including phenoxy) is 2. The Labute approximate surface area is 112 Å². The van der Waals surface area contributed by atoms with Crippen molar-refractivity contribution in [2.75, 3.05) is 13.7 Å². The first kappa shape index (κ1) is 13.2. The van der Waals surface area contributed by atoms with Crippen molar-refractivity contribution in [3.8, 4) is 5.75 Å². The van der Waals surface area contributed by atoms with Crippen LogP contribution in [0.1, 0.15) is 18.2 Å². The third-order valence-electron chi connectivity index (χ3n) is 2.98. The number of aryl methyl sites for hydroxylation is 1. The van der Waals surface area contributed by atoms with Gasteiger partial charge in [0.05, 0.1) is 13.7 Å². The van der Waals surface area contributed by atoms with Gasteiger partial charge in [0.15, 0.2) is 0 Å². The Kier molecular flexibility index (Phi) is 3.90. The van der Waals surface area contributed by atoms with Gasteiger partial charge in [-0.15, -0.1) is 0 Å².